The maximum absolute atomic E-state index is 13.3. The summed E-state index contributed by atoms with van der Waals surface area (Å²) in [5.41, 5.74) is 0.299. The lowest BCUT2D eigenvalue weighted by molar-refractivity contribution is 0.204. The first-order chi connectivity index (χ1) is 10.3. The lowest BCUT2D eigenvalue weighted by Crippen LogP contribution is -2.36. The van der Waals surface area contributed by atoms with Gasteiger partial charge >= 0.3 is 0 Å². The minimum absolute atomic E-state index is 0.232. The average molecular weight is 327 g/mol. The summed E-state index contributed by atoms with van der Waals surface area (Å²) < 4.78 is 52.9. The predicted octanol–water partition coefficient (Wildman–Crippen LogP) is 2.54. The molecular weight excluding hydrogens is 312 g/mol. The number of nitrogens with zero attached hydrogens (tertiary/aromatic N) is 1. The van der Waals surface area contributed by atoms with Gasteiger partial charge < -0.3 is 5.11 Å². The molecule has 0 saturated carbocycles. The van der Waals surface area contributed by atoms with E-state index in [2.05, 4.69) is 0 Å². The standard InChI is InChI=1S/C15H15F2NO3S/c1-11(19)10-18(14-5-3-2-4-6-14)22(20,21)15-8-12(16)7-13(17)9-15/h2-9,11,19H,10H2,1H3/t11-/m1/s1. The molecule has 0 amide bonds. The van der Waals surface area contributed by atoms with Crippen molar-refractivity contribution in [2.24, 2.45) is 0 Å². The van der Waals surface area contributed by atoms with Crippen LogP contribution in [0, 0.1) is 11.6 Å². The van der Waals surface area contributed by atoms with Crippen molar-refractivity contribution in [1.29, 1.82) is 0 Å². The zero-order valence-electron chi connectivity index (χ0n) is 11.8. The van der Waals surface area contributed by atoms with E-state index >= 15 is 0 Å². The molecule has 0 unspecified atom stereocenters. The van der Waals surface area contributed by atoms with Crippen molar-refractivity contribution in [1.82, 2.24) is 0 Å². The van der Waals surface area contributed by atoms with Crippen molar-refractivity contribution in [3.05, 3.63) is 60.2 Å². The summed E-state index contributed by atoms with van der Waals surface area (Å²) >= 11 is 0. The number of benzene rings is 2. The van der Waals surface area contributed by atoms with E-state index in [1.54, 1.807) is 18.2 Å². The first kappa shape index (κ1) is 16.4. The van der Waals surface area contributed by atoms with Crippen LogP contribution in [0.15, 0.2) is 53.4 Å². The highest BCUT2D eigenvalue weighted by Crippen LogP contribution is 2.25. The quantitative estimate of drug-likeness (QED) is 0.918. The number of aliphatic hydroxyl groups is 1. The fraction of sp³-hybridized carbons (Fsp3) is 0.200. The second-order valence-electron chi connectivity index (χ2n) is 4.83. The summed E-state index contributed by atoms with van der Waals surface area (Å²) in [5, 5.41) is 9.55. The molecule has 4 nitrogen and oxygen atoms in total. The molecule has 2 aromatic carbocycles. The molecule has 2 aromatic rings. The van der Waals surface area contributed by atoms with Gasteiger partial charge in [0.25, 0.3) is 10.0 Å². The van der Waals surface area contributed by atoms with E-state index in [-0.39, 0.29) is 6.54 Å². The lowest BCUT2D eigenvalue weighted by Gasteiger charge is -2.25. The van der Waals surface area contributed by atoms with Gasteiger partial charge in [0.05, 0.1) is 23.2 Å². The van der Waals surface area contributed by atoms with Gasteiger partial charge in [0, 0.05) is 6.07 Å². The van der Waals surface area contributed by atoms with Crippen molar-refractivity contribution < 1.29 is 22.3 Å². The number of aliphatic hydroxyl groups excluding tert-OH is 1. The van der Waals surface area contributed by atoms with Gasteiger partial charge in [0.15, 0.2) is 0 Å². The number of halogens is 2. The van der Waals surface area contributed by atoms with Crippen LogP contribution in [0.2, 0.25) is 0 Å². The Bertz CT molecular complexity index is 728. The summed E-state index contributed by atoms with van der Waals surface area (Å²) in [5.74, 6) is -1.97. The third kappa shape index (κ3) is 3.61. The molecule has 0 radical (unpaired) electrons. The van der Waals surface area contributed by atoms with Crippen LogP contribution in [0.1, 0.15) is 6.92 Å². The molecule has 0 bridgehead atoms. The van der Waals surface area contributed by atoms with Crippen LogP contribution in [-0.4, -0.2) is 26.2 Å². The van der Waals surface area contributed by atoms with E-state index in [1.807, 2.05) is 0 Å². The van der Waals surface area contributed by atoms with Crippen molar-refractivity contribution in [2.75, 3.05) is 10.8 Å². The van der Waals surface area contributed by atoms with Crippen molar-refractivity contribution in [3.63, 3.8) is 0 Å². The second kappa shape index (κ2) is 6.41. The van der Waals surface area contributed by atoms with Crippen LogP contribution in [0.4, 0.5) is 14.5 Å². The van der Waals surface area contributed by atoms with E-state index in [1.165, 1.54) is 19.1 Å². The molecule has 118 valence electrons. The topological polar surface area (TPSA) is 57.6 Å². The minimum Gasteiger partial charge on any atom is -0.392 e. The number of hydrogen-bond donors (Lipinski definition) is 1. The van der Waals surface area contributed by atoms with E-state index in [0.717, 1.165) is 16.4 Å². The molecule has 0 spiro atoms. The molecule has 1 atom stereocenters. The molecule has 0 aromatic heterocycles. The Kier molecular flexibility index (Phi) is 4.77. The molecule has 22 heavy (non-hydrogen) atoms. The number of para-hydroxylation sites is 1. The van der Waals surface area contributed by atoms with Crippen LogP contribution in [-0.2, 0) is 10.0 Å². The fourth-order valence-corrected chi connectivity index (χ4v) is 3.57. The Balaban J connectivity index is 2.54. The van der Waals surface area contributed by atoms with Gasteiger partial charge in [0.1, 0.15) is 11.6 Å². The lowest BCUT2D eigenvalue weighted by atomic mass is 10.3. The van der Waals surface area contributed by atoms with Gasteiger partial charge in [-0.2, -0.15) is 0 Å². The largest absolute Gasteiger partial charge is 0.392 e. The van der Waals surface area contributed by atoms with Crippen molar-refractivity contribution in [3.8, 4) is 0 Å². The molecule has 0 aliphatic rings. The number of sulfonamides is 1. The summed E-state index contributed by atoms with van der Waals surface area (Å²) in [6.07, 6.45) is -0.951. The molecule has 0 aliphatic heterocycles. The van der Waals surface area contributed by atoms with Crippen LogP contribution in [0.25, 0.3) is 0 Å². The summed E-state index contributed by atoms with van der Waals surface area (Å²) in [6, 6.07) is 10.1. The number of anilines is 1. The third-order valence-electron chi connectivity index (χ3n) is 2.90. The van der Waals surface area contributed by atoms with Crippen LogP contribution in [0.3, 0.4) is 0 Å². The van der Waals surface area contributed by atoms with Crippen LogP contribution >= 0.6 is 0 Å². The maximum atomic E-state index is 13.3. The van der Waals surface area contributed by atoms with Gasteiger partial charge in [-0.3, -0.25) is 4.31 Å². The van der Waals surface area contributed by atoms with E-state index in [4.69, 9.17) is 0 Å². The van der Waals surface area contributed by atoms with E-state index < -0.39 is 32.7 Å². The molecule has 0 aliphatic carbocycles. The fourth-order valence-electron chi connectivity index (χ4n) is 1.98. The average Bonchev–Trinajstić information content (AvgIpc) is 2.44. The Morgan fingerprint density at radius 2 is 1.64 bits per heavy atom. The summed E-state index contributed by atoms with van der Waals surface area (Å²) in [4.78, 5) is -0.505. The number of rotatable bonds is 5. The zero-order chi connectivity index (χ0) is 16.3. The van der Waals surface area contributed by atoms with Gasteiger partial charge in [-0.25, -0.2) is 17.2 Å². The van der Waals surface area contributed by atoms with E-state index in [0.29, 0.717) is 11.8 Å². The Morgan fingerprint density at radius 3 is 2.14 bits per heavy atom. The summed E-state index contributed by atoms with van der Waals surface area (Å²) in [6.45, 7) is 1.20. The van der Waals surface area contributed by atoms with E-state index in [9.17, 15) is 22.3 Å². The van der Waals surface area contributed by atoms with Crippen molar-refractivity contribution >= 4 is 15.7 Å². The Labute approximate surface area is 127 Å². The second-order valence-corrected chi connectivity index (χ2v) is 6.69. The maximum Gasteiger partial charge on any atom is 0.264 e. The molecule has 0 fully saturated rings. The highest BCUT2D eigenvalue weighted by atomic mass is 32.2. The molecule has 2 rings (SSSR count). The van der Waals surface area contributed by atoms with Gasteiger partial charge in [-0.1, -0.05) is 18.2 Å². The van der Waals surface area contributed by atoms with Crippen LogP contribution < -0.4 is 4.31 Å². The normalized spacial score (nSPS) is 12.9. The highest BCUT2D eigenvalue weighted by Gasteiger charge is 2.27. The third-order valence-corrected chi connectivity index (χ3v) is 4.67. The van der Waals surface area contributed by atoms with Crippen molar-refractivity contribution in [2.45, 2.75) is 17.9 Å². The smallest absolute Gasteiger partial charge is 0.264 e. The predicted molar refractivity (Wildman–Crippen MR) is 79.0 cm³/mol. The molecular formula is C15H15F2NO3S. The molecule has 0 saturated heterocycles. The Morgan fingerprint density at radius 1 is 1.09 bits per heavy atom. The molecule has 0 heterocycles. The van der Waals surface area contributed by atoms with Crippen LogP contribution in [0.5, 0.6) is 0 Å². The van der Waals surface area contributed by atoms with Gasteiger partial charge in [-0.05, 0) is 31.2 Å². The van der Waals surface area contributed by atoms with Gasteiger partial charge in [-0.15, -0.1) is 0 Å². The number of hydrogen-bond acceptors (Lipinski definition) is 3. The highest BCUT2D eigenvalue weighted by molar-refractivity contribution is 7.92. The monoisotopic (exact) mass is 327 g/mol. The first-order valence-corrected chi connectivity index (χ1v) is 7.96. The SMILES string of the molecule is C[C@@H](O)CN(c1ccccc1)S(=O)(=O)c1cc(F)cc(F)c1. The van der Waals surface area contributed by atoms with Gasteiger partial charge in [0.2, 0.25) is 0 Å². The minimum atomic E-state index is -4.20. The molecule has 1 N–H and O–H groups in total. The Hall–Kier alpha value is -1.99. The molecule has 7 heteroatoms. The zero-order valence-corrected chi connectivity index (χ0v) is 12.6. The first-order valence-electron chi connectivity index (χ1n) is 6.52. The summed E-state index contributed by atoms with van der Waals surface area (Å²) in [7, 11) is -4.20.